The van der Waals surface area contributed by atoms with Crippen LogP contribution in [-0.4, -0.2) is 48.2 Å². The van der Waals surface area contributed by atoms with Gasteiger partial charge in [0.05, 0.1) is 24.5 Å². The molecule has 0 aromatic rings. The van der Waals surface area contributed by atoms with E-state index in [2.05, 4.69) is 0 Å². The van der Waals surface area contributed by atoms with Crippen LogP contribution in [0.2, 0.25) is 0 Å². The number of rotatable bonds is 6. The maximum absolute atomic E-state index is 12.1. The Morgan fingerprint density at radius 2 is 1.89 bits per heavy atom. The number of hydrogen-bond acceptors (Lipinski definition) is 3. The zero-order valence-corrected chi connectivity index (χ0v) is 11.8. The Hall–Kier alpha value is -1.10. The molecule has 1 aliphatic rings. The summed E-state index contributed by atoms with van der Waals surface area (Å²) in [4.78, 5) is 24.7. The normalized spacial score (nSPS) is 25.0. The van der Waals surface area contributed by atoms with Gasteiger partial charge in [-0.1, -0.05) is 13.8 Å². The fourth-order valence-corrected chi connectivity index (χ4v) is 2.33. The van der Waals surface area contributed by atoms with Crippen molar-refractivity contribution < 1.29 is 19.4 Å². The number of ether oxygens (including phenoxy) is 1. The second kappa shape index (κ2) is 5.26. The van der Waals surface area contributed by atoms with Crippen LogP contribution in [-0.2, 0) is 14.3 Å². The number of aliphatic carboxylic acids is 1. The Morgan fingerprint density at radius 1 is 1.33 bits per heavy atom. The van der Waals surface area contributed by atoms with Gasteiger partial charge in [-0.25, -0.2) is 0 Å². The lowest BCUT2D eigenvalue weighted by Gasteiger charge is -2.18. The Bertz CT molecular complexity index is 338. The van der Waals surface area contributed by atoms with E-state index in [0.717, 1.165) is 0 Å². The molecule has 1 saturated carbocycles. The van der Waals surface area contributed by atoms with Crippen LogP contribution in [0.15, 0.2) is 0 Å². The summed E-state index contributed by atoms with van der Waals surface area (Å²) in [6, 6.07) is 0. The van der Waals surface area contributed by atoms with Gasteiger partial charge in [-0.05, 0) is 19.3 Å². The highest BCUT2D eigenvalue weighted by Gasteiger charge is 2.66. The number of hydrogen-bond donors (Lipinski definition) is 1. The van der Waals surface area contributed by atoms with E-state index in [1.165, 1.54) is 0 Å². The maximum atomic E-state index is 12.1. The molecule has 5 nitrogen and oxygen atoms in total. The zero-order valence-electron chi connectivity index (χ0n) is 11.8. The standard InChI is InChI=1S/C13H23NO4/c1-8(2)18-7-6-14(5)11(15)9-10(12(16)17)13(9,3)4/h8-10H,6-7H2,1-5H3,(H,16,17)/t9-,10+/m1/s1. The van der Waals surface area contributed by atoms with E-state index in [4.69, 9.17) is 9.84 Å². The third-order valence-electron chi connectivity index (χ3n) is 3.61. The van der Waals surface area contributed by atoms with Crippen LogP contribution in [0.5, 0.6) is 0 Å². The molecule has 0 aliphatic heterocycles. The minimum absolute atomic E-state index is 0.0974. The molecule has 1 amide bonds. The molecule has 1 N–H and O–H groups in total. The SMILES string of the molecule is CC(C)OCCN(C)C(=O)[C@H]1[C@@H](C(=O)O)C1(C)C. The molecule has 0 aromatic carbocycles. The summed E-state index contributed by atoms with van der Waals surface area (Å²) in [7, 11) is 1.69. The second-order valence-electron chi connectivity index (χ2n) is 5.79. The molecule has 0 spiro atoms. The van der Waals surface area contributed by atoms with Gasteiger partial charge in [0.2, 0.25) is 5.91 Å². The highest BCUT2D eigenvalue weighted by molar-refractivity contribution is 5.91. The van der Waals surface area contributed by atoms with Gasteiger partial charge in [0.1, 0.15) is 0 Å². The van der Waals surface area contributed by atoms with Crippen molar-refractivity contribution in [3.63, 3.8) is 0 Å². The van der Waals surface area contributed by atoms with Crippen molar-refractivity contribution in [1.82, 2.24) is 4.90 Å². The van der Waals surface area contributed by atoms with Gasteiger partial charge in [-0.15, -0.1) is 0 Å². The Kier molecular flexibility index (Phi) is 4.37. The first kappa shape index (κ1) is 15.0. The topological polar surface area (TPSA) is 66.8 Å². The quantitative estimate of drug-likeness (QED) is 0.777. The van der Waals surface area contributed by atoms with Gasteiger partial charge < -0.3 is 14.7 Å². The Morgan fingerprint density at radius 3 is 2.28 bits per heavy atom. The number of amides is 1. The van der Waals surface area contributed by atoms with E-state index in [1.54, 1.807) is 11.9 Å². The Labute approximate surface area is 108 Å². The van der Waals surface area contributed by atoms with Crippen molar-refractivity contribution in [3.8, 4) is 0 Å². The number of carbonyl (C=O) groups is 2. The number of carboxylic acid groups (broad SMARTS) is 1. The monoisotopic (exact) mass is 257 g/mol. The third-order valence-corrected chi connectivity index (χ3v) is 3.61. The van der Waals surface area contributed by atoms with Crippen molar-refractivity contribution in [1.29, 1.82) is 0 Å². The molecule has 0 unspecified atom stereocenters. The van der Waals surface area contributed by atoms with E-state index < -0.39 is 23.2 Å². The average molecular weight is 257 g/mol. The first-order chi connectivity index (χ1) is 8.19. The predicted octanol–water partition coefficient (Wildman–Crippen LogP) is 1.23. The van der Waals surface area contributed by atoms with E-state index in [-0.39, 0.29) is 12.0 Å². The molecule has 0 saturated heterocycles. The molecule has 1 aliphatic carbocycles. The van der Waals surface area contributed by atoms with Crippen LogP contribution in [0.3, 0.4) is 0 Å². The molecule has 0 bridgehead atoms. The van der Waals surface area contributed by atoms with Crippen LogP contribution in [0.4, 0.5) is 0 Å². The summed E-state index contributed by atoms with van der Waals surface area (Å²) in [6.45, 7) is 8.50. The van der Waals surface area contributed by atoms with E-state index in [9.17, 15) is 9.59 Å². The number of nitrogens with zero attached hydrogens (tertiary/aromatic N) is 1. The molecule has 0 aromatic heterocycles. The van der Waals surface area contributed by atoms with Gasteiger partial charge in [0.15, 0.2) is 0 Å². The fourth-order valence-electron chi connectivity index (χ4n) is 2.33. The van der Waals surface area contributed by atoms with Crippen LogP contribution in [0.25, 0.3) is 0 Å². The van der Waals surface area contributed by atoms with Crippen molar-refractivity contribution in [2.75, 3.05) is 20.2 Å². The van der Waals surface area contributed by atoms with Crippen molar-refractivity contribution in [3.05, 3.63) is 0 Å². The lowest BCUT2D eigenvalue weighted by Crippen LogP contribution is -2.33. The lowest BCUT2D eigenvalue weighted by atomic mass is 10.1. The summed E-state index contributed by atoms with van der Waals surface area (Å²) < 4.78 is 5.38. The Balaban J connectivity index is 2.48. The lowest BCUT2D eigenvalue weighted by molar-refractivity contribution is -0.141. The van der Waals surface area contributed by atoms with Gasteiger partial charge >= 0.3 is 5.97 Å². The maximum Gasteiger partial charge on any atom is 0.307 e. The van der Waals surface area contributed by atoms with E-state index in [0.29, 0.717) is 13.2 Å². The molecule has 1 fully saturated rings. The number of carbonyl (C=O) groups excluding carboxylic acids is 1. The highest BCUT2D eigenvalue weighted by Crippen LogP contribution is 2.58. The highest BCUT2D eigenvalue weighted by atomic mass is 16.5. The predicted molar refractivity (Wildman–Crippen MR) is 67.1 cm³/mol. The van der Waals surface area contributed by atoms with Gasteiger partial charge in [-0.2, -0.15) is 0 Å². The first-order valence-corrected chi connectivity index (χ1v) is 6.29. The third kappa shape index (κ3) is 3.02. The van der Waals surface area contributed by atoms with Gasteiger partial charge in [0, 0.05) is 13.6 Å². The molecule has 5 heteroatoms. The molecule has 18 heavy (non-hydrogen) atoms. The minimum Gasteiger partial charge on any atom is -0.481 e. The van der Waals surface area contributed by atoms with Crippen LogP contribution in [0, 0.1) is 17.3 Å². The number of likely N-dealkylation sites (N-methyl/N-ethyl adjacent to an activating group) is 1. The van der Waals surface area contributed by atoms with Gasteiger partial charge in [0.25, 0.3) is 0 Å². The van der Waals surface area contributed by atoms with Crippen molar-refractivity contribution in [2.24, 2.45) is 17.3 Å². The first-order valence-electron chi connectivity index (χ1n) is 6.29. The molecule has 104 valence electrons. The van der Waals surface area contributed by atoms with Crippen molar-refractivity contribution >= 4 is 11.9 Å². The molecular formula is C13H23NO4. The largest absolute Gasteiger partial charge is 0.481 e. The molecule has 0 radical (unpaired) electrons. The molecule has 2 atom stereocenters. The summed E-state index contributed by atoms with van der Waals surface area (Å²) in [5.41, 5.74) is -0.434. The molecule has 0 heterocycles. The van der Waals surface area contributed by atoms with E-state index >= 15 is 0 Å². The van der Waals surface area contributed by atoms with Crippen LogP contribution < -0.4 is 0 Å². The van der Waals surface area contributed by atoms with E-state index in [1.807, 2.05) is 27.7 Å². The zero-order chi connectivity index (χ0) is 14.1. The van der Waals surface area contributed by atoms with Gasteiger partial charge in [-0.3, -0.25) is 9.59 Å². The van der Waals surface area contributed by atoms with Crippen LogP contribution >= 0.6 is 0 Å². The summed E-state index contributed by atoms with van der Waals surface area (Å²) >= 11 is 0. The fraction of sp³-hybridized carbons (Fsp3) is 0.846. The minimum atomic E-state index is -0.884. The smallest absolute Gasteiger partial charge is 0.307 e. The van der Waals surface area contributed by atoms with Crippen LogP contribution in [0.1, 0.15) is 27.7 Å². The summed E-state index contributed by atoms with van der Waals surface area (Å²) in [5.74, 6) is -1.94. The summed E-state index contributed by atoms with van der Waals surface area (Å²) in [6.07, 6.45) is 0.137. The number of carboxylic acids is 1. The molecular weight excluding hydrogens is 234 g/mol. The van der Waals surface area contributed by atoms with Crippen molar-refractivity contribution in [2.45, 2.75) is 33.8 Å². The summed E-state index contributed by atoms with van der Waals surface area (Å²) in [5, 5.41) is 9.04. The second-order valence-corrected chi connectivity index (χ2v) is 5.79. The average Bonchev–Trinajstić information content (AvgIpc) is 2.79. The molecule has 1 rings (SSSR count).